The van der Waals surface area contributed by atoms with Gasteiger partial charge in [0.25, 0.3) is 0 Å². The Morgan fingerprint density at radius 2 is 2.06 bits per heavy atom. The summed E-state index contributed by atoms with van der Waals surface area (Å²) in [5, 5.41) is 8.78. The number of nitrogens with zero attached hydrogens (tertiary/aromatic N) is 1. The van der Waals surface area contributed by atoms with Crippen molar-refractivity contribution < 1.29 is 14.0 Å². The van der Waals surface area contributed by atoms with E-state index in [-0.39, 0.29) is 17.5 Å². The van der Waals surface area contributed by atoms with Crippen LogP contribution < -0.4 is 0 Å². The van der Waals surface area contributed by atoms with Gasteiger partial charge in [-0.3, -0.25) is 9.59 Å². The van der Waals surface area contributed by atoms with Crippen LogP contribution >= 0.6 is 0 Å². The molecule has 1 rings (SSSR count). The Kier molecular flexibility index (Phi) is 4.53. The van der Waals surface area contributed by atoms with Crippen molar-refractivity contribution in [3.63, 3.8) is 0 Å². The van der Waals surface area contributed by atoms with Crippen molar-refractivity contribution >= 4 is 11.6 Å². The van der Waals surface area contributed by atoms with Crippen LogP contribution in [0.1, 0.15) is 35.7 Å². The van der Waals surface area contributed by atoms with E-state index in [1.165, 1.54) is 18.2 Å². The van der Waals surface area contributed by atoms with Gasteiger partial charge in [0.05, 0.1) is 11.6 Å². The first-order valence-corrected chi connectivity index (χ1v) is 5.32. The molecule has 0 spiro atoms. The monoisotopic (exact) mass is 233 g/mol. The van der Waals surface area contributed by atoms with Gasteiger partial charge in [0.15, 0.2) is 5.78 Å². The van der Waals surface area contributed by atoms with Crippen LogP contribution in [-0.2, 0) is 4.79 Å². The minimum Gasteiger partial charge on any atom is -0.296 e. The molecular weight excluding hydrogens is 221 g/mol. The highest BCUT2D eigenvalue weighted by Crippen LogP contribution is 2.13. The van der Waals surface area contributed by atoms with Crippen LogP contribution in [0.2, 0.25) is 0 Å². The SMILES string of the molecule is CCCC(=O)C(F)C(=O)c1ccccc1C#N. The Labute approximate surface area is 98.9 Å². The second-order valence-electron chi connectivity index (χ2n) is 3.60. The maximum Gasteiger partial charge on any atom is 0.220 e. The van der Waals surface area contributed by atoms with Crippen LogP contribution in [0.4, 0.5) is 4.39 Å². The molecule has 0 aliphatic rings. The van der Waals surface area contributed by atoms with Crippen molar-refractivity contribution in [2.45, 2.75) is 25.9 Å². The lowest BCUT2D eigenvalue weighted by Gasteiger charge is -2.06. The number of nitriles is 1. The van der Waals surface area contributed by atoms with Crippen molar-refractivity contribution in [1.82, 2.24) is 0 Å². The fraction of sp³-hybridized carbons (Fsp3) is 0.308. The number of carbonyl (C=O) groups is 2. The fourth-order valence-electron chi connectivity index (χ4n) is 1.45. The predicted molar refractivity (Wildman–Crippen MR) is 60.3 cm³/mol. The summed E-state index contributed by atoms with van der Waals surface area (Å²) in [6, 6.07) is 7.69. The average Bonchev–Trinajstić information content (AvgIpc) is 2.37. The van der Waals surface area contributed by atoms with E-state index in [1.54, 1.807) is 19.1 Å². The lowest BCUT2D eigenvalue weighted by atomic mass is 9.98. The Morgan fingerprint density at radius 3 is 2.65 bits per heavy atom. The molecule has 1 unspecified atom stereocenters. The maximum atomic E-state index is 13.6. The summed E-state index contributed by atoms with van der Waals surface area (Å²) >= 11 is 0. The standard InChI is InChI=1S/C13H12FNO2/c1-2-5-11(16)12(14)13(17)10-7-4-3-6-9(10)8-15/h3-4,6-7,12H,2,5H2,1H3. The van der Waals surface area contributed by atoms with E-state index in [9.17, 15) is 14.0 Å². The van der Waals surface area contributed by atoms with Crippen LogP contribution in [0.25, 0.3) is 0 Å². The lowest BCUT2D eigenvalue weighted by molar-refractivity contribution is -0.122. The van der Waals surface area contributed by atoms with Gasteiger partial charge in [0.1, 0.15) is 0 Å². The number of halogens is 1. The summed E-state index contributed by atoms with van der Waals surface area (Å²) in [7, 11) is 0. The minimum absolute atomic E-state index is 0.0294. The van der Waals surface area contributed by atoms with E-state index in [0.717, 1.165) is 0 Å². The summed E-state index contributed by atoms with van der Waals surface area (Å²) < 4.78 is 13.6. The lowest BCUT2D eigenvalue weighted by Crippen LogP contribution is -2.26. The van der Waals surface area contributed by atoms with Crippen molar-refractivity contribution in [3.8, 4) is 6.07 Å². The minimum atomic E-state index is -2.16. The van der Waals surface area contributed by atoms with Crippen molar-refractivity contribution in [3.05, 3.63) is 35.4 Å². The molecule has 4 heteroatoms. The smallest absolute Gasteiger partial charge is 0.220 e. The van der Waals surface area contributed by atoms with Gasteiger partial charge in [0.2, 0.25) is 12.0 Å². The molecule has 0 aromatic heterocycles. The molecule has 0 radical (unpaired) electrons. The van der Waals surface area contributed by atoms with Gasteiger partial charge in [-0.2, -0.15) is 5.26 Å². The zero-order valence-corrected chi connectivity index (χ0v) is 9.44. The van der Waals surface area contributed by atoms with Crippen LogP contribution in [0.15, 0.2) is 24.3 Å². The summed E-state index contributed by atoms with van der Waals surface area (Å²) in [5.41, 5.74) is 0.0522. The second-order valence-corrected chi connectivity index (χ2v) is 3.60. The molecule has 3 nitrogen and oxygen atoms in total. The average molecular weight is 233 g/mol. The third-order valence-electron chi connectivity index (χ3n) is 2.32. The molecule has 0 N–H and O–H groups in total. The van der Waals surface area contributed by atoms with Gasteiger partial charge in [0, 0.05) is 12.0 Å². The van der Waals surface area contributed by atoms with Crippen LogP contribution in [0.3, 0.4) is 0 Å². The molecule has 0 bridgehead atoms. The Balaban J connectivity index is 2.97. The number of rotatable bonds is 5. The van der Waals surface area contributed by atoms with E-state index in [1.807, 2.05) is 0 Å². The van der Waals surface area contributed by atoms with Gasteiger partial charge in [-0.05, 0) is 18.6 Å². The number of hydrogen-bond acceptors (Lipinski definition) is 3. The molecule has 0 saturated heterocycles. The van der Waals surface area contributed by atoms with Gasteiger partial charge in [-0.25, -0.2) is 4.39 Å². The molecule has 1 atom stereocenters. The third kappa shape index (κ3) is 2.97. The zero-order chi connectivity index (χ0) is 12.8. The predicted octanol–water partition coefficient (Wildman–Crippen LogP) is 2.45. The number of benzene rings is 1. The first-order chi connectivity index (χ1) is 8.11. The highest BCUT2D eigenvalue weighted by Gasteiger charge is 2.27. The van der Waals surface area contributed by atoms with Crippen molar-refractivity contribution in [2.24, 2.45) is 0 Å². The highest BCUT2D eigenvalue weighted by molar-refractivity contribution is 6.14. The topological polar surface area (TPSA) is 57.9 Å². The van der Waals surface area contributed by atoms with Gasteiger partial charge in [-0.15, -0.1) is 0 Å². The van der Waals surface area contributed by atoms with Gasteiger partial charge in [-0.1, -0.05) is 19.1 Å². The number of alkyl halides is 1. The number of carbonyl (C=O) groups excluding carboxylic acids is 2. The normalized spacial score (nSPS) is 11.6. The van der Waals surface area contributed by atoms with E-state index in [0.29, 0.717) is 6.42 Å². The molecule has 1 aromatic rings. The van der Waals surface area contributed by atoms with Gasteiger partial charge < -0.3 is 0 Å². The Morgan fingerprint density at radius 1 is 1.41 bits per heavy atom. The molecule has 0 heterocycles. The largest absolute Gasteiger partial charge is 0.296 e. The van der Waals surface area contributed by atoms with Crippen LogP contribution in [0, 0.1) is 11.3 Å². The highest BCUT2D eigenvalue weighted by atomic mass is 19.1. The van der Waals surface area contributed by atoms with E-state index in [2.05, 4.69) is 0 Å². The van der Waals surface area contributed by atoms with Crippen LogP contribution in [-0.4, -0.2) is 17.7 Å². The first kappa shape index (κ1) is 13.0. The number of Topliss-reactive ketones (excluding diaryl/α,β-unsaturated/α-hetero) is 2. The maximum absolute atomic E-state index is 13.6. The van der Waals surface area contributed by atoms with Gasteiger partial charge >= 0.3 is 0 Å². The molecule has 0 amide bonds. The fourth-order valence-corrected chi connectivity index (χ4v) is 1.45. The van der Waals surface area contributed by atoms with Crippen molar-refractivity contribution in [2.75, 3.05) is 0 Å². The molecule has 88 valence electrons. The van der Waals surface area contributed by atoms with Crippen molar-refractivity contribution in [1.29, 1.82) is 5.26 Å². The third-order valence-corrected chi connectivity index (χ3v) is 2.32. The summed E-state index contributed by atoms with van der Waals surface area (Å²) in [4.78, 5) is 23.0. The van der Waals surface area contributed by atoms with E-state index < -0.39 is 17.7 Å². The van der Waals surface area contributed by atoms with E-state index >= 15 is 0 Å². The van der Waals surface area contributed by atoms with E-state index in [4.69, 9.17) is 5.26 Å². The zero-order valence-electron chi connectivity index (χ0n) is 9.44. The summed E-state index contributed by atoms with van der Waals surface area (Å²) in [6.45, 7) is 1.73. The molecule has 0 saturated carbocycles. The number of ketones is 2. The molecule has 17 heavy (non-hydrogen) atoms. The molecule has 0 aliphatic carbocycles. The Bertz CT molecular complexity index is 477. The molecule has 1 aromatic carbocycles. The molecule has 0 fully saturated rings. The Hall–Kier alpha value is -2.02. The van der Waals surface area contributed by atoms with Crippen LogP contribution in [0.5, 0.6) is 0 Å². The summed E-state index contributed by atoms with van der Waals surface area (Å²) in [5.74, 6) is -1.66. The number of hydrogen-bond donors (Lipinski definition) is 0. The quantitative estimate of drug-likeness (QED) is 0.579. The summed E-state index contributed by atoms with van der Waals surface area (Å²) in [6.07, 6.45) is -1.64. The first-order valence-electron chi connectivity index (χ1n) is 5.32. The molecule has 0 aliphatic heterocycles. The second kappa shape index (κ2) is 5.90. The molecular formula is C13H12FNO2.